The number of unbranched alkanes of at least 4 members (excludes halogenated alkanes) is 11. The molecule has 53 heavy (non-hydrogen) atoms. The standard InChI is InChI=1S/C43H72NO8P/c1-6-8-10-12-14-16-18-20-21-22-24-25-27-29-31-33-35-42(45)49-39-41(40-51-53(47,48)50-38-37-44(3,4)5)52-43(46)36-34-32-30-28-26-23-19-17-15-13-11-9-7-2/h9,11,13,15,17,19,21-26,28,30,41H,6-8,10,12,14,16,18,20,27,29,31-40H2,1-5H3/b11-9+,15-13+,19-17+,22-21+,25-24+,26-23+,30-28+. The average Bonchev–Trinajstić information content (AvgIpc) is 3.10. The molecule has 0 rings (SSSR count). The lowest BCUT2D eigenvalue weighted by Crippen LogP contribution is -2.37. The molecule has 0 aliphatic heterocycles. The minimum Gasteiger partial charge on any atom is -0.756 e. The third-order valence-corrected chi connectivity index (χ3v) is 8.77. The molecule has 0 amide bonds. The third kappa shape index (κ3) is 38.7. The predicted molar refractivity (Wildman–Crippen MR) is 217 cm³/mol. The molecular formula is C43H72NO8P. The fraction of sp³-hybridized carbons (Fsp3) is 0.628. The lowest BCUT2D eigenvalue weighted by Gasteiger charge is -2.28. The van der Waals surface area contributed by atoms with E-state index in [9.17, 15) is 19.0 Å². The minimum atomic E-state index is -4.65. The van der Waals surface area contributed by atoms with Gasteiger partial charge in [0.2, 0.25) is 0 Å². The van der Waals surface area contributed by atoms with Crippen molar-refractivity contribution in [2.24, 2.45) is 0 Å². The molecule has 2 unspecified atom stereocenters. The highest BCUT2D eigenvalue weighted by Gasteiger charge is 2.21. The number of nitrogens with zero attached hydrogens (tertiary/aromatic N) is 1. The molecule has 0 aromatic carbocycles. The number of hydrogen-bond donors (Lipinski definition) is 0. The summed E-state index contributed by atoms with van der Waals surface area (Å²) < 4.78 is 33.6. The Morgan fingerprint density at radius 1 is 0.604 bits per heavy atom. The normalized spacial score (nSPS) is 14.6. The van der Waals surface area contributed by atoms with Crippen molar-refractivity contribution in [3.8, 4) is 0 Å². The van der Waals surface area contributed by atoms with Crippen LogP contribution in [0.2, 0.25) is 0 Å². The van der Waals surface area contributed by atoms with Crippen LogP contribution in [0.5, 0.6) is 0 Å². The number of hydrogen-bond acceptors (Lipinski definition) is 8. The molecule has 0 aliphatic carbocycles. The molecule has 0 saturated heterocycles. The van der Waals surface area contributed by atoms with E-state index < -0.39 is 32.5 Å². The number of rotatable bonds is 34. The summed E-state index contributed by atoms with van der Waals surface area (Å²) in [6.07, 6.45) is 43.5. The van der Waals surface area contributed by atoms with E-state index in [0.717, 1.165) is 32.1 Å². The second kappa shape index (κ2) is 34.9. The van der Waals surface area contributed by atoms with Crippen molar-refractivity contribution >= 4 is 19.8 Å². The van der Waals surface area contributed by atoms with Gasteiger partial charge in [-0.1, -0.05) is 144 Å². The maximum Gasteiger partial charge on any atom is 0.306 e. The van der Waals surface area contributed by atoms with E-state index in [-0.39, 0.29) is 26.1 Å². The Hall–Kier alpha value is -2.81. The summed E-state index contributed by atoms with van der Waals surface area (Å²) in [6.45, 7) is 3.92. The van der Waals surface area contributed by atoms with Gasteiger partial charge in [0.15, 0.2) is 6.10 Å². The van der Waals surface area contributed by atoms with Crippen molar-refractivity contribution in [3.63, 3.8) is 0 Å². The third-order valence-electron chi connectivity index (χ3n) is 7.81. The fourth-order valence-corrected chi connectivity index (χ4v) is 5.40. The van der Waals surface area contributed by atoms with Crippen molar-refractivity contribution in [1.82, 2.24) is 0 Å². The van der Waals surface area contributed by atoms with Crippen LogP contribution < -0.4 is 4.89 Å². The topological polar surface area (TPSA) is 111 Å². The number of carbonyl (C=O) groups is 2. The Morgan fingerprint density at radius 3 is 1.68 bits per heavy atom. The molecule has 9 nitrogen and oxygen atoms in total. The van der Waals surface area contributed by atoms with Crippen molar-refractivity contribution in [3.05, 3.63) is 85.1 Å². The van der Waals surface area contributed by atoms with Crippen LogP contribution in [0.3, 0.4) is 0 Å². The first kappa shape index (κ1) is 50.2. The van der Waals surface area contributed by atoms with E-state index in [0.29, 0.717) is 30.3 Å². The summed E-state index contributed by atoms with van der Waals surface area (Å²) in [6, 6.07) is 0. The van der Waals surface area contributed by atoms with Gasteiger partial charge in [0, 0.05) is 12.8 Å². The highest BCUT2D eigenvalue weighted by Crippen LogP contribution is 2.38. The van der Waals surface area contributed by atoms with Gasteiger partial charge in [-0.15, -0.1) is 0 Å². The first-order valence-electron chi connectivity index (χ1n) is 19.9. The first-order valence-corrected chi connectivity index (χ1v) is 21.3. The molecule has 0 fully saturated rings. The lowest BCUT2D eigenvalue weighted by atomic mass is 10.1. The van der Waals surface area contributed by atoms with E-state index in [2.05, 4.69) is 44.2 Å². The Labute approximate surface area is 322 Å². The zero-order valence-electron chi connectivity index (χ0n) is 33.7. The number of phosphoric acid groups is 1. The zero-order chi connectivity index (χ0) is 39.3. The quantitative estimate of drug-likeness (QED) is 0.0210. The second-order valence-electron chi connectivity index (χ2n) is 14.1. The number of allylic oxidation sites excluding steroid dienone is 14. The maximum atomic E-state index is 12.6. The van der Waals surface area contributed by atoms with Gasteiger partial charge in [-0.3, -0.25) is 14.2 Å². The Balaban J connectivity index is 4.59. The summed E-state index contributed by atoms with van der Waals surface area (Å²) in [5, 5.41) is 0. The van der Waals surface area contributed by atoms with Gasteiger partial charge in [-0.2, -0.15) is 0 Å². The summed E-state index contributed by atoms with van der Waals surface area (Å²) in [7, 11) is 1.09. The molecule has 10 heteroatoms. The number of carbonyl (C=O) groups excluding carboxylic acids is 2. The Bertz CT molecular complexity index is 1180. The predicted octanol–water partition coefficient (Wildman–Crippen LogP) is 10.2. The molecule has 0 bridgehead atoms. The molecule has 0 radical (unpaired) electrons. The molecule has 0 aromatic heterocycles. The average molecular weight is 762 g/mol. The molecule has 0 heterocycles. The summed E-state index contributed by atoms with van der Waals surface area (Å²) in [5.41, 5.74) is 0. The maximum absolute atomic E-state index is 12.6. The van der Waals surface area contributed by atoms with E-state index in [1.165, 1.54) is 44.9 Å². The van der Waals surface area contributed by atoms with Gasteiger partial charge in [0.1, 0.15) is 19.8 Å². The number of quaternary nitrogens is 1. The lowest BCUT2D eigenvalue weighted by molar-refractivity contribution is -0.870. The summed E-state index contributed by atoms with van der Waals surface area (Å²) >= 11 is 0. The van der Waals surface area contributed by atoms with Gasteiger partial charge in [0.05, 0.1) is 27.7 Å². The fourth-order valence-electron chi connectivity index (χ4n) is 4.67. The number of esters is 2. The van der Waals surface area contributed by atoms with Crippen LogP contribution in [-0.2, 0) is 32.7 Å². The Morgan fingerprint density at radius 2 is 1.09 bits per heavy atom. The SMILES string of the molecule is CC/C=C/C=C/C=C/C=C/C=C/CCCC(=O)OC(COC(=O)CCCCC/C=C/C=C/CCCCCCCCC)COP(=O)([O-])OCC[N+](C)(C)C. The van der Waals surface area contributed by atoms with Gasteiger partial charge in [-0.25, -0.2) is 0 Å². The highest BCUT2D eigenvalue weighted by atomic mass is 31.2. The van der Waals surface area contributed by atoms with E-state index in [1.54, 1.807) is 0 Å². The smallest absolute Gasteiger partial charge is 0.306 e. The number of likely N-dealkylation sites (N-methyl/N-ethyl adjacent to an activating group) is 1. The molecule has 302 valence electrons. The molecule has 2 atom stereocenters. The van der Waals surface area contributed by atoms with Crippen LogP contribution in [0.15, 0.2) is 85.1 Å². The number of phosphoric ester groups is 1. The highest BCUT2D eigenvalue weighted by molar-refractivity contribution is 7.45. The first-order chi connectivity index (χ1) is 25.5. The van der Waals surface area contributed by atoms with Crippen molar-refractivity contribution in [1.29, 1.82) is 0 Å². The largest absolute Gasteiger partial charge is 0.756 e. The van der Waals surface area contributed by atoms with Crippen molar-refractivity contribution in [2.75, 3.05) is 47.5 Å². The van der Waals surface area contributed by atoms with Gasteiger partial charge in [-0.05, 0) is 51.4 Å². The van der Waals surface area contributed by atoms with E-state index in [1.807, 2.05) is 75.8 Å². The van der Waals surface area contributed by atoms with Crippen LogP contribution in [-0.4, -0.2) is 70.0 Å². The Kier molecular flexibility index (Phi) is 33.1. The van der Waals surface area contributed by atoms with Crippen molar-refractivity contribution < 1.29 is 42.1 Å². The summed E-state index contributed by atoms with van der Waals surface area (Å²) in [4.78, 5) is 37.3. The molecule has 0 aromatic rings. The minimum absolute atomic E-state index is 0.0534. The van der Waals surface area contributed by atoms with Crippen LogP contribution in [0.4, 0.5) is 0 Å². The van der Waals surface area contributed by atoms with Gasteiger partial charge >= 0.3 is 11.9 Å². The zero-order valence-corrected chi connectivity index (χ0v) is 34.6. The van der Waals surface area contributed by atoms with E-state index >= 15 is 0 Å². The monoisotopic (exact) mass is 761 g/mol. The van der Waals surface area contributed by atoms with E-state index in [4.69, 9.17) is 18.5 Å². The van der Waals surface area contributed by atoms with Crippen LogP contribution in [0.1, 0.15) is 123 Å². The molecule has 0 spiro atoms. The van der Waals surface area contributed by atoms with Gasteiger partial charge in [0.25, 0.3) is 7.82 Å². The van der Waals surface area contributed by atoms with Gasteiger partial charge < -0.3 is 27.9 Å². The molecule has 0 N–H and O–H groups in total. The van der Waals surface area contributed by atoms with Crippen LogP contribution in [0, 0.1) is 0 Å². The van der Waals surface area contributed by atoms with Crippen LogP contribution in [0.25, 0.3) is 0 Å². The van der Waals surface area contributed by atoms with Crippen molar-refractivity contribution in [2.45, 2.75) is 129 Å². The summed E-state index contributed by atoms with van der Waals surface area (Å²) in [5.74, 6) is -0.963. The second-order valence-corrected chi connectivity index (χ2v) is 15.5. The number of ether oxygens (including phenoxy) is 2. The molecule has 0 saturated carbocycles. The molecule has 0 aliphatic rings. The van der Waals surface area contributed by atoms with Crippen LogP contribution >= 0.6 is 7.82 Å². The molecular weight excluding hydrogens is 689 g/mol.